The molecule has 0 aliphatic heterocycles. The summed E-state index contributed by atoms with van der Waals surface area (Å²) in [5.41, 5.74) is 2.09. The first-order valence-corrected chi connectivity index (χ1v) is 8.76. The van der Waals surface area contributed by atoms with Crippen LogP contribution in [-0.2, 0) is 0 Å². The molecular formula is C19H25N3O3. The molecule has 1 atom stereocenters. The van der Waals surface area contributed by atoms with Gasteiger partial charge in [0, 0.05) is 12.2 Å². The normalized spacial score (nSPS) is 16.0. The van der Waals surface area contributed by atoms with Gasteiger partial charge < -0.3 is 15.2 Å². The number of nitrogens with one attached hydrogen (secondary N) is 1. The molecular weight excluding hydrogens is 318 g/mol. The first-order valence-electron chi connectivity index (χ1n) is 8.76. The van der Waals surface area contributed by atoms with Crippen molar-refractivity contribution in [1.29, 1.82) is 0 Å². The van der Waals surface area contributed by atoms with E-state index >= 15 is 0 Å². The molecule has 0 saturated heterocycles. The lowest BCUT2D eigenvalue weighted by Crippen LogP contribution is -2.35. The van der Waals surface area contributed by atoms with Gasteiger partial charge in [0.15, 0.2) is 5.69 Å². The smallest absolute Gasteiger partial charge is 0.271 e. The van der Waals surface area contributed by atoms with E-state index in [1.54, 1.807) is 17.9 Å². The molecule has 1 aliphatic carbocycles. The SMILES string of the molecule is COc1ccc(-n2nc(C(=O)NCC(O)C3CCCC3)cc2C)cc1. The zero-order valence-corrected chi connectivity index (χ0v) is 14.7. The number of benzene rings is 1. The van der Waals surface area contributed by atoms with Crippen molar-refractivity contribution in [3.8, 4) is 11.4 Å². The highest BCUT2D eigenvalue weighted by atomic mass is 16.5. The van der Waals surface area contributed by atoms with Crippen molar-refractivity contribution in [3.63, 3.8) is 0 Å². The average Bonchev–Trinajstić information content (AvgIpc) is 3.29. The third-order valence-corrected chi connectivity index (χ3v) is 4.85. The van der Waals surface area contributed by atoms with Crippen LogP contribution in [0.1, 0.15) is 41.9 Å². The van der Waals surface area contributed by atoms with Crippen molar-refractivity contribution in [2.24, 2.45) is 5.92 Å². The summed E-state index contributed by atoms with van der Waals surface area (Å²) in [6.45, 7) is 2.18. The van der Waals surface area contributed by atoms with Gasteiger partial charge in [-0.15, -0.1) is 0 Å². The van der Waals surface area contributed by atoms with E-state index in [0.29, 0.717) is 11.6 Å². The van der Waals surface area contributed by atoms with Gasteiger partial charge >= 0.3 is 0 Å². The summed E-state index contributed by atoms with van der Waals surface area (Å²) in [6.07, 6.45) is 3.95. The predicted octanol–water partition coefficient (Wildman–Crippen LogP) is 2.47. The van der Waals surface area contributed by atoms with E-state index in [-0.39, 0.29) is 12.5 Å². The van der Waals surface area contributed by atoms with Crippen LogP contribution >= 0.6 is 0 Å². The van der Waals surface area contributed by atoms with E-state index in [0.717, 1.165) is 30.0 Å². The van der Waals surface area contributed by atoms with Gasteiger partial charge in [-0.05, 0) is 56.0 Å². The molecule has 0 radical (unpaired) electrons. The number of rotatable bonds is 6. The minimum Gasteiger partial charge on any atom is -0.497 e. The number of methoxy groups -OCH3 is 1. The highest BCUT2D eigenvalue weighted by Crippen LogP contribution is 2.27. The third kappa shape index (κ3) is 4.02. The second-order valence-corrected chi connectivity index (χ2v) is 6.60. The Bertz CT molecular complexity index is 718. The Morgan fingerprint density at radius 1 is 1.36 bits per heavy atom. The second kappa shape index (κ2) is 7.70. The molecule has 0 bridgehead atoms. The molecule has 1 heterocycles. The highest BCUT2D eigenvalue weighted by molar-refractivity contribution is 5.92. The molecule has 1 aliphatic rings. The fourth-order valence-corrected chi connectivity index (χ4v) is 3.37. The van der Waals surface area contributed by atoms with Crippen molar-refractivity contribution in [3.05, 3.63) is 41.7 Å². The van der Waals surface area contributed by atoms with Gasteiger partial charge in [-0.25, -0.2) is 4.68 Å². The molecule has 134 valence electrons. The van der Waals surface area contributed by atoms with E-state index in [1.807, 2.05) is 31.2 Å². The maximum atomic E-state index is 12.3. The standard InChI is InChI=1S/C19H25N3O3/c1-13-11-17(19(24)20-12-18(23)14-5-3-4-6-14)21-22(13)15-7-9-16(25-2)10-8-15/h7-11,14,18,23H,3-6,12H2,1-2H3,(H,20,24). The van der Waals surface area contributed by atoms with Gasteiger partial charge in [-0.3, -0.25) is 4.79 Å². The third-order valence-electron chi connectivity index (χ3n) is 4.85. The van der Waals surface area contributed by atoms with Crippen molar-refractivity contribution in [2.45, 2.75) is 38.7 Å². The Kier molecular flexibility index (Phi) is 5.38. The first-order chi connectivity index (χ1) is 12.1. The summed E-state index contributed by atoms with van der Waals surface area (Å²) in [5.74, 6) is 0.818. The second-order valence-electron chi connectivity index (χ2n) is 6.60. The van der Waals surface area contributed by atoms with Gasteiger partial charge in [0.1, 0.15) is 5.75 Å². The number of carbonyl (C=O) groups excluding carboxylic acids is 1. The summed E-state index contributed by atoms with van der Waals surface area (Å²) < 4.78 is 6.88. The average molecular weight is 343 g/mol. The molecule has 6 nitrogen and oxygen atoms in total. The Morgan fingerprint density at radius 3 is 2.68 bits per heavy atom. The van der Waals surface area contributed by atoms with E-state index in [2.05, 4.69) is 10.4 Å². The van der Waals surface area contributed by atoms with Crippen LogP contribution in [0.4, 0.5) is 0 Å². The van der Waals surface area contributed by atoms with Crippen LogP contribution in [0.15, 0.2) is 30.3 Å². The van der Waals surface area contributed by atoms with Gasteiger partial charge in [0.2, 0.25) is 0 Å². The lowest BCUT2D eigenvalue weighted by Gasteiger charge is -2.17. The molecule has 2 aromatic rings. The van der Waals surface area contributed by atoms with Crippen LogP contribution in [0, 0.1) is 12.8 Å². The van der Waals surface area contributed by atoms with Crippen LogP contribution in [0.2, 0.25) is 0 Å². The number of hydrogen-bond acceptors (Lipinski definition) is 4. The Morgan fingerprint density at radius 2 is 2.04 bits per heavy atom. The summed E-state index contributed by atoms with van der Waals surface area (Å²) in [4.78, 5) is 12.3. The van der Waals surface area contributed by atoms with E-state index in [4.69, 9.17) is 4.74 Å². The molecule has 1 unspecified atom stereocenters. The molecule has 0 spiro atoms. The number of aryl methyl sites for hydroxylation is 1. The summed E-state index contributed by atoms with van der Waals surface area (Å²) in [5, 5.41) is 17.4. The molecule has 25 heavy (non-hydrogen) atoms. The summed E-state index contributed by atoms with van der Waals surface area (Å²) in [7, 11) is 1.62. The van der Waals surface area contributed by atoms with Crippen molar-refractivity contribution >= 4 is 5.91 Å². The molecule has 2 N–H and O–H groups in total. The Balaban J connectivity index is 1.65. The van der Waals surface area contributed by atoms with E-state index in [9.17, 15) is 9.90 Å². The summed E-state index contributed by atoms with van der Waals surface area (Å²) >= 11 is 0. The Hall–Kier alpha value is -2.34. The minimum atomic E-state index is -0.476. The van der Waals surface area contributed by atoms with Crippen molar-refractivity contribution < 1.29 is 14.6 Å². The zero-order chi connectivity index (χ0) is 17.8. The number of hydrogen-bond donors (Lipinski definition) is 2. The van der Waals surface area contributed by atoms with Gasteiger partial charge in [-0.1, -0.05) is 12.8 Å². The number of ether oxygens (including phenoxy) is 1. The molecule has 1 aromatic carbocycles. The van der Waals surface area contributed by atoms with Crippen LogP contribution in [0.5, 0.6) is 5.75 Å². The van der Waals surface area contributed by atoms with E-state index in [1.165, 1.54) is 12.8 Å². The highest BCUT2D eigenvalue weighted by Gasteiger charge is 2.24. The predicted molar refractivity (Wildman–Crippen MR) is 95.2 cm³/mol. The lowest BCUT2D eigenvalue weighted by atomic mass is 10.0. The molecule has 6 heteroatoms. The van der Waals surface area contributed by atoms with Crippen LogP contribution in [0.3, 0.4) is 0 Å². The van der Waals surface area contributed by atoms with Gasteiger partial charge in [0.05, 0.1) is 18.9 Å². The largest absolute Gasteiger partial charge is 0.497 e. The van der Waals surface area contributed by atoms with Crippen molar-refractivity contribution in [2.75, 3.05) is 13.7 Å². The summed E-state index contributed by atoms with van der Waals surface area (Å²) in [6, 6.07) is 9.25. The molecule has 1 fully saturated rings. The number of aliphatic hydroxyl groups is 1. The lowest BCUT2D eigenvalue weighted by molar-refractivity contribution is 0.0836. The number of carbonyl (C=O) groups is 1. The minimum absolute atomic E-state index is 0.257. The maximum Gasteiger partial charge on any atom is 0.271 e. The zero-order valence-electron chi connectivity index (χ0n) is 14.7. The molecule has 1 aromatic heterocycles. The van der Waals surface area contributed by atoms with Crippen LogP contribution in [0.25, 0.3) is 5.69 Å². The Labute approximate surface area is 147 Å². The molecule has 1 amide bonds. The van der Waals surface area contributed by atoms with Gasteiger partial charge in [0.25, 0.3) is 5.91 Å². The van der Waals surface area contributed by atoms with Crippen molar-refractivity contribution in [1.82, 2.24) is 15.1 Å². The first kappa shape index (κ1) is 17.5. The topological polar surface area (TPSA) is 76.4 Å². The number of nitrogens with zero attached hydrogens (tertiary/aromatic N) is 2. The number of aromatic nitrogens is 2. The quantitative estimate of drug-likeness (QED) is 0.845. The van der Waals surface area contributed by atoms with E-state index < -0.39 is 6.10 Å². The van der Waals surface area contributed by atoms with Crippen LogP contribution in [-0.4, -0.2) is 40.6 Å². The van der Waals surface area contributed by atoms with Gasteiger partial charge in [-0.2, -0.15) is 5.10 Å². The van der Waals surface area contributed by atoms with Crippen LogP contribution < -0.4 is 10.1 Å². The molecule has 3 rings (SSSR count). The fraction of sp³-hybridized carbons (Fsp3) is 0.474. The number of aliphatic hydroxyl groups excluding tert-OH is 1. The molecule has 1 saturated carbocycles. The maximum absolute atomic E-state index is 12.3. The monoisotopic (exact) mass is 343 g/mol. The number of amides is 1. The fourth-order valence-electron chi connectivity index (χ4n) is 3.37.